The van der Waals surface area contributed by atoms with Gasteiger partial charge in [-0.05, 0) is 58.7 Å². The van der Waals surface area contributed by atoms with E-state index in [0.717, 1.165) is 50.4 Å². The molecular formula is C31H30N4O3S. The maximum Gasteiger partial charge on any atom is 0.148 e. The van der Waals surface area contributed by atoms with Crippen LogP contribution in [0.4, 0.5) is 11.5 Å². The van der Waals surface area contributed by atoms with Gasteiger partial charge in [-0.3, -0.25) is 0 Å². The molecule has 0 aliphatic rings. The number of hydrogen-bond acceptors (Lipinski definition) is 7. The summed E-state index contributed by atoms with van der Waals surface area (Å²) in [5, 5.41) is 7.50. The molecule has 0 radical (unpaired) electrons. The third kappa shape index (κ3) is 7.40. The molecule has 0 bridgehead atoms. The first-order valence-corrected chi connectivity index (χ1v) is 14.8. The van der Waals surface area contributed by atoms with Crippen molar-refractivity contribution in [1.29, 1.82) is 0 Å². The summed E-state index contributed by atoms with van der Waals surface area (Å²) in [7, 11) is -2.96. The molecule has 1 aromatic heterocycles. The van der Waals surface area contributed by atoms with Gasteiger partial charge in [-0.1, -0.05) is 60.7 Å². The Morgan fingerprint density at radius 2 is 1.54 bits per heavy atom. The number of benzene rings is 4. The highest BCUT2D eigenvalue weighted by Gasteiger charge is 2.08. The van der Waals surface area contributed by atoms with Crippen LogP contribution in [0.1, 0.15) is 11.1 Å². The van der Waals surface area contributed by atoms with Gasteiger partial charge in [0.1, 0.15) is 34.3 Å². The number of fused-ring (bicyclic) bond motifs is 1. The molecule has 7 nitrogen and oxygen atoms in total. The van der Waals surface area contributed by atoms with E-state index in [1.807, 2.05) is 72.8 Å². The Kier molecular flexibility index (Phi) is 8.15. The molecule has 5 aromatic rings. The van der Waals surface area contributed by atoms with Crippen LogP contribution in [0.3, 0.4) is 0 Å². The molecule has 2 N–H and O–H groups in total. The van der Waals surface area contributed by atoms with Gasteiger partial charge in [0.15, 0.2) is 0 Å². The molecule has 4 aromatic carbocycles. The predicted octanol–water partition coefficient (Wildman–Crippen LogP) is 5.75. The summed E-state index contributed by atoms with van der Waals surface area (Å²) in [4.78, 5) is 8.96. The van der Waals surface area contributed by atoms with Crippen LogP contribution < -0.4 is 15.4 Å². The number of nitrogens with one attached hydrogen (secondary N) is 2. The second kappa shape index (κ2) is 12.1. The van der Waals surface area contributed by atoms with E-state index in [1.54, 1.807) is 6.33 Å². The largest absolute Gasteiger partial charge is 0.489 e. The average Bonchev–Trinajstić information content (AvgIpc) is 2.95. The van der Waals surface area contributed by atoms with Gasteiger partial charge in [0.05, 0.1) is 11.3 Å². The highest BCUT2D eigenvalue weighted by atomic mass is 32.2. The number of rotatable bonds is 11. The number of hydrogen-bond donors (Lipinski definition) is 2. The predicted molar refractivity (Wildman–Crippen MR) is 157 cm³/mol. The van der Waals surface area contributed by atoms with Gasteiger partial charge in [-0.15, -0.1) is 0 Å². The molecule has 0 spiro atoms. The summed E-state index contributed by atoms with van der Waals surface area (Å²) >= 11 is 0. The van der Waals surface area contributed by atoms with Crippen molar-refractivity contribution < 1.29 is 13.2 Å². The molecule has 39 heavy (non-hydrogen) atoms. The SMILES string of the molecule is CS(=O)(=O)CCNCc1ccc(-c2ccc3c(Nc4ccc(OCc5ccccc5)cc4)ncnc3c2)cc1. The number of anilines is 2. The lowest BCUT2D eigenvalue weighted by atomic mass is 10.0. The lowest BCUT2D eigenvalue weighted by Gasteiger charge is -2.11. The first-order valence-electron chi connectivity index (χ1n) is 12.7. The number of sulfone groups is 1. The van der Waals surface area contributed by atoms with Crippen LogP contribution in [0.25, 0.3) is 22.0 Å². The van der Waals surface area contributed by atoms with Crippen molar-refractivity contribution in [3.63, 3.8) is 0 Å². The molecule has 0 saturated heterocycles. The summed E-state index contributed by atoms with van der Waals surface area (Å²) in [6, 6.07) is 32.3. The Morgan fingerprint density at radius 1 is 0.795 bits per heavy atom. The van der Waals surface area contributed by atoms with Gasteiger partial charge in [-0.2, -0.15) is 0 Å². The summed E-state index contributed by atoms with van der Waals surface area (Å²) in [6.07, 6.45) is 2.81. The smallest absolute Gasteiger partial charge is 0.148 e. The first-order chi connectivity index (χ1) is 18.9. The molecule has 0 atom stereocenters. The second-order valence-electron chi connectivity index (χ2n) is 9.38. The zero-order valence-electron chi connectivity index (χ0n) is 21.7. The minimum absolute atomic E-state index is 0.134. The lowest BCUT2D eigenvalue weighted by Crippen LogP contribution is -2.21. The van der Waals surface area contributed by atoms with E-state index in [0.29, 0.717) is 19.7 Å². The van der Waals surface area contributed by atoms with Crippen molar-refractivity contribution in [2.75, 3.05) is 23.9 Å². The Morgan fingerprint density at radius 3 is 2.28 bits per heavy atom. The van der Waals surface area contributed by atoms with Crippen molar-refractivity contribution in [3.05, 3.63) is 115 Å². The van der Waals surface area contributed by atoms with E-state index in [1.165, 1.54) is 6.26 Å². The summed E-state index contributed by atoms with van der Waals surface area (Å²) in [5.74, 6) is 1.67. The Balaban J connectivity index is 1.23. The van der Waals surface area contributed by atoms with E-state index in [9.17, 15) is 8.42 Å². The molecule has 198 valence electrons. The lowest BCUT2D eigenvalue weighted by molar-refractivity contribution is 0.306. The van der Waals surface area contributed by atoms with Gasteiger partial charge in [0, 0.05) is 30.4 Å². The van der Waals surface area contributed by atoms with Crippen molar-refractivity contribution in [3.8, 4) is 16.9 Å². The van der Waals surface area contributed by atoms with Crippen LogP contribution in [0.2, 0.25) is 0 Å². The summed E-state index contributed by atoms with van der Waals surface area (Å²) < 4.78 is 28.4. The van der Waals surface area contributed by atoms with Crippen LogP contribution in [0.15, 0.2) is 103 Å². The second-order valence-corrected chi connectivity index (χ2v) is 11.6. The fraction of sp³-hybridized carbons (Fsp3) is 0.161. The number of nitrogens with zero attached hydrogens (tertiary/aromatic N) is 2. The molecule has 0 amide bonds. The molecule has 0 fully saturated rings. The Hall–Kier alpha value is -4.27. The highest BCUT2D eigenvalue weighted by Crippen LogP contribution is 2.29. The highest BCUT2D eigenvalue weighted by molar-refractivity contribution is 7.90. The van der Waals surface area contributed by atoms with Crippen LogP contribution >= 0.6 is 0 Å². The third-order valence-corrected chi connectivity index (χ3v) is 7.21. The minimum Gasteiger partial charge on any atom is -0.489 e. The van der Waals surface area contributed by atoms with Crippen molar-refractivity contribution >= 4 is 32.2 Å². The van der Waals surface area contributed by atoms with Crippen LogP contribution in [0, 0.1) is 0 Å². The van der Waals surface area contributed by atoms with Crippen molar-refractivity contribution in [2.24, 2.45) is 0 Å². The molecule has 5 rings (SSSR count). The van der Waals surface area contributed by atoms with E-state index < -0.39 is 9.84 Å². The van der Waals surface area contributed by atoms with Crippen LogP contribution in [0.5, 0.6) is 5.75 Å². The van der Waals surface area contributed by atoms with Crippen molar-refractivity contribution in [1.82, 2.24) is 15.3 Å². The number of ether oxygens (including phenoxy) is 1. The standard InChI is InChI=1S/C31H30N4O3S/c1-39(36,37)18-17-32-20-23-7-9-25(10-8-23)26-11-16-29-30(19-26)33-22-34-31(29)35-27-12-14-28(15-13-27)38-21-24-5-3-2-4-6-24/h2-16,19,22,32H,17-18,20-21H2,1H3,(H,33,34,35). The summed E-state index contributed by atoms with van der Waals surface area (Å²) in [6.45, 7) is 1.58. The molecular weight excluding hydrogens is 508 g/mol. The molecule has 0 aliphatic carbocycles. The van der Waals surface area contributed by atoms with Gasteiger partial charge < -0.3 is 15.4 Å². The van der Waals surface area contributed by atoms with Gasteiger partial charge in [0.25, 0.3) is 0 Å². The fourth-order valence-corrected chi connectivity index (χ4v) is 4.67. The maximum absolute atomic E-state index is 11.3. The zero-order chi connectivity index (χ0) is 27.1. The van der Waals surface area contributed by atoms with E-state index in [4.69, 9.17) is 4.74 Å². The Labute approximate surface area is 228 Å². The molecule has 0 unspecified atom stereocenters. The van der Waals surface area contributed by atoms with Crippen molar-refractivity contribution in [2.45, 2.75) is 13.2 Å². The molecule has 0 aliphatic heterocycles. The minimum atomic E-state index is -2.96. The number of aromatic nitrogens is 2. The van der Waals surface area contributed by atoms with Crippen LogP contribution in [-0.4, -0.2) is 36.9 Å². The third-order valence-electron chi connectivity index (χ3n) is 6.27. The molecule has 8 heteroatoms. The normalized spacial score (nSPS) is 11.4. The van der Waals surface area contributed by atoms with Gasteiger partial charge in [-0.25, -0.2) is 18.4 Å². The maximum atomic E-state index is 11.3. The molecule has 0 saturated carbocycles. The van der Waals surface area contributed by atoms with Gasteiger partial charge >= 0.3 is 0 Å². The van der Waals surface area contributed by atoms with Crippen LogP contribution in [-0.2, 0) is 23.0 Å². The Bertz CT molecular complexity index is 1640. The summed E-state index contributed by atoms with van der Waals surface area (Å²) in [5.41, 5.74) is 6.12. The average molecular weight is 539 g/mol. The molecule has 1 heterocycles. The van der Waals surface area contributed by atoms with E-state index in [-0.39, 0.29) is 5.75 Å². The quantitative estimate of drug-likeness (QED) is 0.207. The monoisotopic (exact) mass is 538 g/mol. The fourth-order valence-electron chi connectivity index (χ4n) is 4.15. The first kappa shape index (κ1) is 26.3. The van der Waals surface area contributed by atoms with E-state index >= 15 is 0 Å². The topological polar surface area (TPSA) is 93.2 Å². The zero-order valence-corrected chi connectivity index (χ0v) is 22.5. The van der Waals surface area contributed by atoms with E-state index in [2.05, 4.69) is 44.9 Å². The van der Waals surface area contributed by atoms with Gasteiger partial charge in [0.2, 0.25) is 0 Å².